The van der Waals surface area contributed by atoms with Crippen molar-refractivity contribution in [3.8, 4) is 11.8 Å². The summed E-state index contributed by atoms with van der Waals surface area (Å²) in [6.07, 6.45) is 7.08. The molecule has 0 spiro atoms. The number of hydrogen-bond donors (Lipinski definition) is 1. The minimum Gasteiger partial charge on any atom is -0.365 e. The molecule has 9 heteroatoms. The van der Waals surface area contributed by atoms with E-state index in [9.17, 15) is 0 Å². The fourth-order valence-electron chi connectivity index (χ4n) is 5.18. The van der Waals surface area contributed by atoms with E-state index in [1.807, 2.05) is 42.7 Å². The number of benzene rings is 1. The van der Waals surface area contributed by atoms with Crippen molar-refractivity contribution in [1.29, 1.82) is 0 Å². The van der Waals surface area contributed by atoms with E-state index in [4.69, 9.17) is 25.8 Å². The van der Waals surface area contributed by atoms with Crippen molar-refractivity contribution >= 4 is 28.6 Å². The zero-order chi connectivity index (χ0) is 23.3. The highest BCUT2D eigenvalue weighted by atomic mass is 35.5. The average molecular weight is 480 g/mol. The van der Waals surface area contributed by atoms with E-state index in [-0.39, 0.29) is 6.61 Å². The van der Waals surface area contributed by atoms with E-state index in [2.05, 4.69) is 32.1 Å². The molecule has 0 radical (unpaired) electrons. The summed E-state index contributed by atoms with van der Waals surface area (Å²) >= 11 is 6.28. The normalized spacial score (nSPS) is 28.1. The largest absolute Gasteiger partial charge is 0.365 e. The Labute approximate surface area is 203 Å². The fraction of sp³-hybridized carbons (Fsp3) is 0.480. The molecule has 1 saturated carbocycles. The van der Waals surface area contributed by atoms with Crippen molar-refractivity contribution in [2.75, 3.05) is 11.9 Å². The number of anilines is 1. The highest BCUT2D eigenvalue weighted by Crippen LogP contribution is 2.47. The molecule has 176 valence electrons. The van der Waals surface area contributed by atoms with Gasteiger partial charge in [0.25, 0.3) is 0 Å². The monoisotopic (exact) mass is 479 g/mol. The van der Waals surface area contributed by atoms with Gasteiger partial charge in [0.2, 0.25) is 5.72 Å². The van der Waals surface area contributed by atoms with Crippen molar-refractivity contribution in [2.45, 2.75) is 69.3 Å². The second-order valence-electron chi connectivity index (χ2n) is 9.50. The number of imidazole rings is 1. The van der Waals surface area contributed by atoms with Gasteiger partial charge in [0.15, 0.2) is 22.8 Å². The zero-order valence-electron chi connectivity index (χ0n) is 19.1. The van der Waals surface area contributed by atoms with Crippen molar-refractivity contribution in [3.05, 3.63) is 47.5 Å². The molecule has 1 aromatic carbocycles. The molecule has 0 amide bonds. The lowest BCUT2D eigenvalue weighted by molar-refractivity contribution is -0.202. The predicted molar refractivity (Wildman–Crippen MR) is 127 cm³/mol. The van der Waals surface area contributed by atoms with E-state index < -0.39 is 23.7 Å². The second-order valence-corrected chi connectivity index (χ2v) is 9.91. The first-order valence-electron chi connectivity index (χ1n) is 11.7. The maximum absolute atomic E-state index is 6.49. The predicted octanol–water partition coefficient (Wildman–Crippen LogP) is 4.09. The molecule has 34 heavy (non-hydrogen) atoms. The lowest BCUT2D eigenvalue weighted by Crippen LogP contribution is -2.44. The van der Waals surface area contributed by atoms with Crippen LogP contribution in [0.5, 0.6) is 0 Å². The van der Waals surface area contributed by atoms with Gasteiger partial charge in [-0.3, -0.25) is 4.57 Å². The summed E-state index contributed by atoms with van der Waals surface area (Å²) in [5.74, 6) is 6.26. The van der Waals surface area contributed by atoms with E-state index >= 15 is 0 Å². The SMILES string of the molecule is CC1(C)OC2C(C#Cc3ccccc3Cl)OCC2(n2cnc3c(NC4CCCC4)ncnc32)O1. The van der Waals surface area contributed by atoms with E-state index in [1.54, 1.807) is 12.7 Å². The summed E-state index contributed by atoms with van der Waals surface area (Å²) < 4.78 is 20.9. The summed E-state index contributed by atoms with van der Waals surface area (Å²) in [5.41, 5.74) is 1.18. The summed E-state index contributed by atoms with van der Waals surface area (Å²) in [6, 6.07) is 7.90. The first kappa shape index (κ1) is 21.8. The van der Waals surface area contributed by atoms with Crippen LogP contribution in [0.1, 0.15) is 45.1 Å². The average Bonchev–Trinajstić information content (AvgIpc) is 3.57. The van der Waals surface area contributed by atoms with Crippen LogP contribution in [0.25, 0.3) is 11.2 Å². The second kappa shape index (κ2) is 8.21. The molecule has 0 bridgehead atoms. The highest BCUT2D eigenvalue weighted by Gasteiger charge is 2.62. The molecule has 2 aromatic heterocycles. The van der Waals surface area contributed by atoms with Crippen LogP contribution in [0.2, 0.25) is 5.02 Å². The Kier molecular flexibility index (Phi) is 5.26. The van der Waals surface area contributed by atoms with Crippen LogP contribution in [-0.2, 0) is 19.9 Å². The summed E-state index contributed by atoms with van der Waals surface area (Å²) in [4.78, 5) is 13.7. The van der Waals surface area contributed by atoms with Gasteiger partial charge in [-0.2, -0.15) is 0 Å². The van der Waals surface area contributed by atoms with E-state index in [1.165, 1.54) is 12.8 Å². The van der Waals surface area contributed by atoms with Crippen molar-refractivity contribution < 1.29 is 14.2 Å². The molecule has 1 N–H and O–H groups in total. The van der Waals surface area contributed by atoms with Gasteiger partial charge in [0, 0.05) is 11.6 Å². The molecular formula is C25H26ClN5O3. The van der Waals surface area contributed by atoms with Crippen molar-refractivity contribution in [1.82, 2.24) is 19.5 Å². The van der Waals surface area contributed by atoms with Gasteiger partial charge >= 0.3 is 0 Å². The van der Waals surface area contributed by atoms with Crippen LogP contribution < -0.4 is 5.32 Å². The molecule has 2 aliphatic heterocycles. The third kappa shape index (κ3) is 3.64. The number of rotatable bonds is 3. The summed E-state index contributed by atoms with van der Waals surface area (Å²) in [6.45, 7) is 4.05. The van der Waals surface area contributed by atoms with Gasteiger partial charge in [-0.1, -0.05) is 48.4 Å². The molecule has 3 unspecified atom stereocenters. The van der Waals surface area contributed by atoms with Gasteiger partial charge in [0.05, 0.1) is 18.0 Å². The van der Waals surface area contributed by atoms with Crippen LogP contribution in [0.15, 0.2) is 36.9 Å². The van der Waals surface area contributed by atoms with Crippen LogP contribution in [0.4, 0.5) is 5.82 Å². The Hall–Kier alpha value is -2.70. The quantitative estimate of drug-likeness (QED) is 0.566. The minimum absolute atomic E-state index is 0.254. The number of ether oxygens (including phenoxy) is 3. The van der Waals surface area contributed by atoms with E-state index in [0.29, 0.717) is 22.2 Å². The fourth-order valence-corrected chi connectivity index (χ4v) is 5.36. The molecule has 1 aliphatic carbocycles. The van der Waals surface area contributed by atoms with Crippen LogP contribution in [0, 0.1) is 11.8 Å². The topological polar surface area (TPSA) is 83.3 Å². The molecule has 3 aliphatic rings. The first-order valence-corrected chi connectivity index (χ1v) is 12.0. The van der Waals surface area contributed by atoms with Crippen molar-refractivity contribution in [2.24, 2.45) is 0 Å². The van der Waals surface area contributed by atoms with Gasteiger partial charge in [0.1, 0.15) is 18.5 Å². The third-order valence-electron chi connectivity index (χ3n) is 6.68. The Balaban J connectivity index is 1.37. The number of halogens is 1. The van der Waals surface area contributed by atoms with Gasteiger partial charge in [-0.05, 0) is 38.8 Å². The maximum Gasteiger partial charge on any atom is 0.204 e. The molecule has 8 nitrogen and oxygen atoms in total. The first-order chi connectivity index (χ1) is 16.5. The zero-order valence-corrected chi connectivity index (χ0v) is 19.9. The molecule has 3 aromatic rings. The third-order valence-corrected chi connectivity index (χ3v) is 7.01. The minimum atomic E-state index is -0.947. The van der Waals surface area contributed by atoms with Crippen LogP contribution >= 0.6 is 11.6 Å². The molecule has 2 saturated heterocycles. The van der Waals surface area contributed by atoms with E-state index in [0.717, 1.165) is 24.2 Å². The number of nitrogens with zero attached hydrogens (tertiary/aromatic N) is 4. The lowest BCUT2D eigenvalue weighted by Gasteiger charge is -2.28. The van der Waals surface area contributed by atoms with Crippen LogP contribution in [-0.4, -0.2) is 50.2 Å². The Morgan fingerprint density at radius 3 is 2.79 bits per heavy atom. The van der Waals surface area contributed by atoms with Gasteiger partial charge in [-0.25, -0.2) is 15.0 Å². The van der Waals surface area contributed by atoms with Gasteiger partial charge in [-0.15, -0.1) is 0 Å². The maximum atomic E-state index is 6.49. The molecule has 4 heterocycles. The summed E-state index contributed by atoms with van der Waals surface area (Å²) in [5, 5.41) is 4.15. The van der Waals surface area contributed by atoms with Crippen LogP contribution in [0.3, 0.4) is 0 Å². The molecule has 3 fully saturated rings. The lowest BCUT2D eigenvalue weighted by atomic mass is 10.1. The highest BCUT2D eigenvalue weighted by molar-refractivity contribution is 6.31. The molecular weight excluding hydrogens is 454 g/mol. The number of fused-ring (bicyclic) bond motifs is 2. The smallest absolute Gasteiger partial charge is 0.204 e. The standard InChI is InChI=1S/C25H26ClN5O3/c1-24(2)33-21-19(12-11-16-7-3-6-10-18(16)26)32-13-25(21,34-24)31-15-29-20-22(27-14-28-23(20)31)30-17-8-4-5-9-17/h3,6-7,10,14-15,17,19,21H,4-5,8-9,13H2,1-2H3,(H,27,28,30). The van der Waals surface area contributed by atoms with Gasteiger partial charge < -0.3 is 19.5 Å². The Morgan fingerprint density at radius 2 is 1.97 bits per heavy atom. The Bertz CT molecular complexity index is 1290. The number of aromatic nitrogens is 4. The molecule has 3 atom stereocenters. The number of hydrogen-bond acceptors (Lipinski definition) is 7. The molecule has 6 rings (SSSR count). The summed E-state index contributed by atoms with van der Waals surface area (Å²) in [7, 11) is 0. The van der Waals surface area contributed by atoms with Crippen molar-refractivity contribution in [3.63, 3.8) is 0 Å². The number of nitrogens with one attached hydrogen (secondary N) is 1. The Morgan fingerprint density at radius 1 is 1.15 bits per heavy atom.